The predicted octanol–water partition coefficient (Wildman–Crippen LogP) is 4.07. The van der Waals surface area contributed by atoms with Gasteiger partial charge in [-0.15, -0.1) is 0 Å². The molecule has 0 aliphatic heterocycles. The van der Waals surface area contributed by atoms with Gasteiger partial charge in [-0.2, -0.15) is 0 Å². The Bertz CT molecular complexity index is 599. The van der Waals surface area contributed by atoms with E-state index in [2.05, 4.69) is 0 Å². The minimum absolute atomic E-state index is 0.167. The Morgan fingerprint density at radius 2 is 1.85 bits per heavy atom. The molecule has 2 aromatic carbocycles. The first kappa shape index (κ1) is 14.7. The largest absolute Gasteiger partial charge is 0.478 e. The smallest absolute Gasteiger partial charge is 0.345 e. The van der Waals surface area contributed by atoms with E-state index >= 15 is 0 Å². The first-order valence-electron chi connectivity index (χ1n) is 5.94. The average Bonchev–Trinajstić information content (AvgIpc) is 2.42. The van der Waals surface area contributed by atoms with Crippen molar-refractivity contribution in [3.8, 4) is 5.75 Å². The van der Waals surface area contributed by atoms with Gasteiger partial charge in [0.2, 0.25) is 0 Å². The molecule has 0 aliphatic carbocycles. The number of benzene rings is 2. The lowest BCUT2D eigenvalue weighted by atomic mass is 10.1. The molecule has 0 saturated heterocycles. The van der Waals surface area contributed by atoms with Crippen molar-refractivity contribution in [2.75, 3.05) is 0 Å². The summed E-state index contributed by atoms with van der Waals surface area (Å²) in [4.78, 5) is 11.3. The highest BCUT2D eigenvalue weighted by atomic mass is 35.5. The minimum atomic E-state index is -1.04. The Balaban J connectivity index is 2.15. The minimum Gasteiger partial charge on any atom is -0.478 e. The van der Waals surface area contributed by atoms with Crippen LogP contribution in [0.1, 0.15) is 5.56 Å². The summed E-state index contributed by atoms with van der Waals surface area (Å²) in [6.07, 6.45) is -0.837. The third-order valence-electron chi connectivity index (χ3n) is 2.72. The molecule has 1 atom stereocenters. The summed E-state index contributed by atoms with van der Waals surface area (Å²) in [6, 6.07) is 13.8. The number of carboxylic acid groups (broad SMARTS) is 1. The van der Waals surface area contributed by atoms with Crippen molar-refractivity contribution in [1.29, 1.82) is 0 Å². The zero-order valence-electron chi connectivity index (χ0n) is 10.4. The lowest BCUT2D eigenvalue weighted by Gasteiger charge is -2.16. The Morgan fingerprint density at radius 3 is 2.45 bits per heavy atom. The molecule has 1 N–H and O–H groups in total. The highest BCUT2D eigenvalue weighted by Crippen LogP contribution is 2.23. The number of para-hydroxylation sites is 1. The Morgan fingerprint density at radius 1 is 1.15 bits per heavy atom. The summed E-state index contributed by atoms with van der Waals surface area (Å²) in [5.41, 5.74) is 0.680. The van der Waals surface area contributed by atoms with Crippen LogP contribution < -0.4 is 4.74 Å². The fraction of sp³-hybridized carbons (Fsp3) is 0.133. The molecule has 0 spiro atoms. The maximum Gasteiger partial charge on any atom is 0.345 e. The fourth-order valence-corrected chi connectivity index (χ4v) is 2.22. The van der Waals surface area contributed by atoms with E-state index in [-0.39, 0.29) is 6.42 Å². The molecule has 104 valence electrons. The second-order valence-electron chi connectivity index (χ2n) is 4.20. The van der Waals surface area contributed by atoms with E-state index in [0.29, 0.717) is 21.4 Å². The van der Waals surface area contributed by atoms with Gasteiger partial charge in [0.1, 0.15) is 5.75 Å². The summed E-state index contributed by atoms with van der Waals surface area (Å²) in [6.45, 7) is 0. The van der Waals surface area contributed by atoms with Crippen LogP contribution in [-0.4, -0.2) is 17.2 Å². The van der Waals surface area contributed by atoms with Crippen molar-refractivity contribution in [2.45, 2.75) is 12.5 Å². The standard InChI is InChI=1S/C15H12Cl2O3/c16-11-7-6-10(13(17)9-11)8-14(15(18)19)20-12-4-2-1-3-5-12/h1-7,9,14H,8H2,(H,18,19)/t14-/m0/s1. The zero-order chi connectivity index (χ0) is 14.5. The Kier molecular flexibility index (Phi) is 4.88. The highest BCUT2D eigenvalue weighted by molar-refractivity contribution is 6.35. The monoisotopic (exact) mass is 310 g/mol. The van der Waals surface area contributed by atoms with E-state index in [0.717, 1.165) is 0 Å². The molecule has 0 heterocycles. The van der Waals surface area contributed by atoms with E-state index in [1.807, 2.05) is 6.07 Å². The number of halogens is 2. The quantitative estimate of drug-likeness (QED) is 0.905. The van der Waals surface area contributed by atoms with Gasteiger partial charge in [0.15, 0.2) is 6.10 Å². The molecule has 0 fully saturated rings. The molecular weight excluding hydrogens is 299 g/mol. The summed E-state index contributed by atoms with van der Waals surface area (Å²) in [5, 5.41) is 10.2. The van der Waals surface area contributed by atoms with Crippen LogP contribution in [0, 0.1) is 0 Å². The number of rotatable bonds is 5. The fourth-order valence-electron chi connectivity index (χ4n) is 1.73. The van der Waals surface area contributed by atoms with Gasteiger partial charge in [0.05, 0.1) is 0 Å². The van der Waals surface area contributed by atoms with Crippen molar-refractivity contribution in [1.82, 2.24) is 0 Å². The van der Waals surface area contributed by atoms with Crippen LogP contribution in [-0.2, 0) is 11.2 Å². The van der Waals surface area contributed by atoms with Crippen molar-refractivity contribution in [3.63, 3.8) is 0 Å². The van der Waals surface area contributed by atoms with E-state index in [1.54, 1.807) is 42.5 Å². The van der Waals surface area contributed by atoms with Gasteiger partial charge in [0, 0.05) is 16.5 Å². The molecule has 2 aromatic rings. The van der Waals surface area contributed by atoms with Crippen LogP contribution in [0.25, 0.3) is 0 Å². The maximum atomic E-state index is 11.3. The summed E-state index contributed by atoms with van der Waals surface area (Å²) in [7, 11) is 0. The molecule has 0 aliphatic rings. The number of hydrogen-bond donors (Lipinski definition) is 1. The third kappa shape index (κ3) is 3.89. The Hall–Kier alpha value is -1.71. The van der Waals surface area contributed by atoms with Crippen LogP contribution in [0.3, 0.4) is 0 Å². The number of carboxylic acids is 1. The van der Waals surface area contributed by atoms with Gasteiger partial charge in [-0.05, 0) is 29.8 Å². The molecule has 0 bridgehead atoms. The number of ether oxygens (including phenoxy) is 1. The molecule has 5 heteroatoms. The third-order valence-corrected chi connectivity index (χ3v) is 3.30. The Labute approximate surface area is 126 Å². The van der Waals surface area contributed by atoms with Gasteiger partial charge in [-0.1, -0.05) is 47.5 Å². The predicted molar refractivity (Wildman–Crippen MR) is 78.7 cm³/mol. The first-order valence-corrected chi connectivity index (χ1v) is 6.70. The second-order valence-corrected chi connectivity index (χ2v) is 5.04. The van der Waals surface area contributed by atoms with Gasteiger partial charge >= 0.3 is 5.97 Å². The molecule has 3 nitrogen and oxygen atoms in total. The van der Waals surface area contributed by atoms with Gasteiger partial charge in [-0.25, -0.2) is 4.79 Å². The topological polar surface area (TPSA) is 46.5 Å². The van der Waals surface area contributed by atoms with Crippen LogP contribution >= 0.6 is 23.2 Å². The van der Waals surface area contributed by atoms with Gasteiger partial charge < -0.3 is 9.84 Å². The highest BCUT2D eigenvalue weighted by Gasteiger charge is 2.21. The number of aliphatic carboxylic acids is 1. The van der Waals surface area contributed by atoms with Crippen molar-refractivity contribution >= 4 is 29.2 Å². The van der Waals surface area contributed by atoms with Gasteiger partial charge in [-0.3, -0.25) is 0 Å². The van der Waals surface area contributed by atoms with Crippen LogP contribution in [0.4, 0.5) is 0 Å². The molecule has 0 saturated carbocycles. The zero-order valence-corrected chi connectivity index (χ0v) is 11.9. The van der Waals surface area contributed by atoms with Crippen molar-refractivity contribution < 1.29 is 14.6 Å². The van der Waals surface area contributed by atoms with Crippen molar-refractivity contribution in [2.24, 2.45) is 0 Å². The first-order chi connectivity index (χ1) is 9.56. The molecule has 0 amide bonds. The van der Waals surface area contributed by atoms with Crippen molar-refractivity contribution in [3.05, 3.63) is 64.1 Å². The average molecular weight is 311 g/mol. The summed E-state index contributed by atoms with van der Waals surface area (Å²) >= 11 is 11.9. The van der Waals surface area contributed by atoms with Gasteiger partial charge in [0.25, 0.3) is 0 Å². The van der Waals surface area contributed by atoms with Crippen LogP contribution in [0.2, 0.25) is 10.0 Å². The maximum absolute atomic E-state index is 11.3. The molecule has 0 radical (unpaired) electrons. The molecular formula is C15H12Cl2O3. The molecule has 0 aromatic heterocycles. The number of carbonyl (C=O) groups is 1. The van der Waals surface area contributed by atoms with E-state index < -0.39 is 12.1 Å². The normalized spacial score (nSPS) is 11.9. The van der Waals surface area contributed by atoms with E-state index in [4.69, 9.17) is 27.9 Å². The lowest BCUT2D eigenvalue weighted by Crippen LogP contribution is -2.29. The second kappa shape index (κ2) is 6.64. The molecule has 2 rings (SSSR count). The van der Waals surface area contributed by atoms with E-state index in [1.165, 1.54) is 0 Å². The molecule has 0 unspecified atom stereocenters. The summed E-state index contributed by atoms with van der Waals surface area (Å²) < 4.78 is 5.47. The molecule has 20 heavy (non-hydrogen) atoms. The lowest BCUT2D eigenvalue weighted by molar-refractivity contribution is -0.145. The van der Waals surface area contributed by atoms with Crippen LogP contribution in [0.5, 0.6) is 5.75 Å². The van der Waals surface area contributed by atoms with E-state index in [9.17, 15) is 9.90 Å². The SMILES string of the molecule is O=C(O)[C@H](Cc1ccc(Cl)cc1Cl)Oc1ccccc1. The number of hydrogen-bond acceptors (Lipinski definition) is 2. The summed E-state index contributed by atoms with van der Waals surface area (Å²) in [5.74, 6) is -0.537. The van der Waals surface area contributed by atoms with Crippen LogP contribution in [0.15, 0.2) is 48.5 Å².